The van der Waals surface area contributed by atoms with E-state index in [1.807, 2.05) is 0 Å². The van der Waals surface area contributed by atoms with Crippen molar-refractivity contribution in [2.75, 3.05) is 11.4 Å². The average Bonchev–Trinajstić information content (AvgIpc) is 2.98. The van der Waals surface area contributed by atoms with Crippen LogP contribution in [0.3, 0.4) is 0 Å². The van der Waals surface area contributed by atoms with Crippen molar-refractivity contribution in [1.82, 2.24) is 9.55 Å². The summed E-state index contributed by atoms with van der Waals surface area (Å²) < 4.78 is 28.6. The molecular weight excluding hydrogens is 268 g/mol. The summed E-state index contributed by atoms with van der Waals surface area (Å²) >= 11 is 0. The number of benzene rings is 1. The van der Waals surface area contributed by atoms with Crippen LogP contribution < -0.4 is 4.90 Å². The molecule has 1 aliphatic rings. The maximum Gasteiger partial charge on any atom is 0.299 e. The summed E-state index contributed by atoms with van der Waals surface area (Å²) in [5.74, 6) is -3.52. The molecule has 0 atom stereocenters. The molecule has 20 heavy (non-hydrogen) atoms. The van der Waals surface area contributed by atoms with Gasteiger partial charge in [-0.25, -0.2) is 13.8 Å². The number of halogens is 2. The van der Waals surface area contributed by atoms with Crippen LogP contribution in [0.2, 0.25) is 0 Å². The van der Waals surface area contributed by atoms with E-state index < -0.39 is 23.3 Å². The lowest BCUT2D eigenvalue weighted by molar-refractivity contribution is -0.114. The smallest absolute Gasteiger partial charge is 0.299 e. The van der Waals surface area contributed by atoms with Gasteiger partial charge in [-0.3, -0.25) is 9.59 Å². The Labute approximate surface area is 112 Å². The monoisotopic (exact) mass is 277 g/mol. The van der Waals surface area contributed by atoms with E-state index in [2.05, 4.69) is 4.98 Å². The molecule has 0 aliphatic carbocycles. The lowest BCUT2D eigenvalue weighted by Crippen LogP contribution is -2.33. The van der Waals surface area contributed by atoms with E-state index >= 15 is 0 Å². The van der Waals surface area contributed by atoms with E-state index in [0.29, 0.717) is 12.6 Å². The van der Waals surface area contributed by atoms with Crippen molar-refractivity contribution in [1.29, 1.82) is 0 Å². The van der Waals surface area contributed by atoms with Gasteiger partial charge >= 0.3 is 0 Å². The standard InChI is InChI=1S/C13H9F2N3O2/c14-8-5-9-11(10(15)6-8)18(13(20)12(9)19)4-3-17-2-1-16-7-17/h1-2,5-7H,3-4H2. The molecule has 1 aliphatic heterocycles. The van der Waals surface area contributed by atoms with Crippen LogP contribution in [0.5, 0.6) is 0 Å². The highest BCUT2D eigenvalue weighted by Gasteiger charge is 2.38. The molecule has 0 radical (unpaired) electrons. The Bertz CT molecular complexity index is 698. The first kappa shape index (κ1) is 12.5. The Kier molecular flexibility index (Phi) is 2.81. The van der Waals surface area contributed by atoms with Gasteiger partial charge in [-0.05, 0) is 6.07 Å². The number of carbonyl (C=O) groups excluding carboxylic acids is 2. The largest absolute Gasteiger partial charge is 0.336 e. The minimum Gasteiger partial charge on any atom is -0.336 e. The van der Waals surface area contributed by atoms with E-state index in [9.17, 15) is 18.4 Å². The van der Waals surface area contributed by atoms with E-state index in [0.717, 1.165) is 11.0 Å². The molecule has 0 fully saturated rings. The Morgan fingerprint density at radius 3 is 2.65 bits per heavy atom. The second-order valence-corrected chi connectivity index (χ2v) is 4.37. The lowest BCUT2D eigenvalue weighted by atomic mass is 10.1. The zero-order valence-corrected chi connectivity index (χ0v) is 10.2. The quantitative estimate of drug-likeness (QED) is 0.797. The van der Waals surface area contributed by atoms with Gasteiger partial charge in [0.25, 0.3) is 11.7 Å². The van der Waals surface area contributed by atoms with Crippen LogP contribution >= 0.6 is 0 Å². The second kappa shape index (κ2) is 4.52. The number of hydrogen-bond acceptors (Lipinski definition) is 3. The fourth-order valence-corrected chi connectivity index (χ4v) is 2.20. The molecule has 0 spiro atoms. The van der Waals surface area contributed by atoms with Crippen molar-refractivity contribution in [2.24, 2.45) is 0 Å². The molecule has 0 unspecified atom stereocenters. The topological polar surface area (TPSA) is 55.2 Å². The first-order valence-corrected chi connectivity index (χ1v) is 5.89. The van der Waals surface area contributed by atoms with Crippen LogP contribution in [-0.4, -0.2) is 27.8 Å². The van der Waals surface area contributed by atoms with Crippen molar-refractivity contribution in [3.8, 4) is 0 Å². The van der Waals surface area contributed by atoms with Crippen molar-refractivity contribution < 1.29 is 18.4 Å². The van der Waals surface area contributed by atoms with Gasteiger partial charge in [-0.2, -0.15) is 0 Å². The highest BCUT2D eigenvalue weighted by atomic mass is 19.1. The predicted octanol–water partition coefficient (Wildman–Crippen LogP) is 1.39. The average molecular weight is 277 g/mol. The molecule has 1 aromatic carbocycles. The number of ketones is 1. The number of carbonyl (C=O) groups is 2. The van der Waals surface area contributed by atoms with Gasteiger partial charge in [0.05, 0.1) is 17.6 Å². The summed E-state index contributed by atoms with van der Waals surface area (Å²) in [6, 6.07) is 1.55. The number of aromatic nitrogens is 2. The number of imidazole rings is 1. The molecular formula is C13H9F2N3O2. The highest BCUT2D eigenvalue weighted by molar-refractivity contribution is 6.52. The van der Waals surface area contributed by atoms with Crippen LogP contribution in [0.25, 0.3) is 0 Å². The summed E-state index contributed by atoms with van der Waals surface area (Å²) in [6.45, 7) is 0.464. The molecule has 2 aromatic rings. The lowest BCUT2D eigenvalue weighted by Gasteiger charge is -2.17. The number of nitrogens with zero attached hydrogens (tertiary/aromatic N) is 3. The molecule has 0 N–H and O–H groups in total. The van der Waals surface area contributed by atoms with Crippen molar-refractivity contribution in [3.05, 3.63) is 48.1 Å². The number of fused-ring (bicyclic) bond motifs is 1. The van der Waals surface area contributed by atoms with E-state index in [1.54, 1.807) is 23.3 Å². The van der Waals surface area contributed by atoms with Crippen LogP contribution in [0.1, 0.15) is 10.4 Å². The summed E-state index contributed by atoms with van der Waals surface area (Å²) in [5, 5.41) is 0. The number of anilines is 1. The SMILES string of the molecule is O=C1C(=O)N(CCn2ccnc2)c2c(F)cc(F)cc21. The van der Waals surface area contributed by atoms with Gasteiger partial charge in [-0.1, -0.05) is 0 Å². The number of rotatable bonds is 3. The predicted molar refractivity (Wildman–Crippen MR) is 65.3 cm³/mol. The molecule has 0 saturated carbocycles. The van der Waals surface area contributed by atoms with Gasteiger partial charge in [0.15, 0.2) is 5.82 Å². The van der Waals surface area contributed by atoms with Gasteiger partial charge in [0.2, 0.25) is 0 Å². The molecule has 0 saturated heterocycles. The third kappa shape index (κ3) is 1.87. The maximum absolute atomic E-state index is 13.8. The van der Waals surface area contributed by atoms with Gasteiger partial charge < -0.3 is 9.47 Å². The third-order valence-electron chi connectivity index (χ3n) is 3.12. The summed E-state index contributed by atoms with van der Waals surface area (Å²) in [7, 11) is 0. The van der Waals surface area contributed by atoms with Gasteiger partial charge in [0.1, 0.15) is 5.82 Å². The van der Waals surface area contributed by atoms with E-state index in [-0.39, 0.29) is 17.8 Å². The molecule has 7 heteroatoms. The Morgan fingerprint density at radius 2 is 1.95 bits per heavy atom. The fourth-order valence-electron chi connectivity index (χ4n) is 2.20. The summed E-state index contributed by atoms with van der Waals surface area (Å²) in [5.41, 5.74) is -0.375. The van der Waals surface area contributed by atoms with Gasteiger partial charge in [0, 0.05) is 31.5 Å². The zero-order valence-electron chi connectivity index (χ0n) is 10.2. The minimum atomic E-state index is -0.912. The summed E-state index contributed by atoms with van der Waals surface area (Å²) in [4.78, 5) is 28.5. The molecule has 1 aromatic heterocycles. The molecule has 5 nitrogen and oxygen atoms in total. The normalized spacial score (nSPS) is 14.0. The molecule has 3 rings (SSSR count). The van der Waals surface area contributed by atoms with E-state index in [1.165, 1.54) is 0 Å². The van der Waals surface area contributed by atoms with Gasteiger partial charge in [-0.15, -0.1) is 0 Å². The van der Waals surface area contributed by atoms with Crippen molar-refractivity contribution in [3.63, 3.8) is 0 Å². The first-order valence-electron chi connectivity index (χ1n) is 5.89. The molecule has 1 amide bonds. The Balaban J connectivity index is 1.93. The van der Waals surface area contributed by atoms with Crippen LogP contribution in [-0.2, 0) is 11.3 Å². The third-order valence-corrected chi connectivity index (χ3v) is 3.12. The van der Waals surface area contributed by atoms with Crippen molar-refractivity contribution >= 4 is 17.4 Å². The van der Waals surface area contributed by atoms with E-state index in [4.69, 9.17) is 0 Å². The molecule has 0 bridgehead atoms. The highest BCUT2D eigenvalue weighted by Crippen LogP contribution is 2.32. The molecule has 2 heterocycles. The minimum absolute atomic E-state index is 0.108. The number of Topliss-reactive ketones (excluding diaryl/α,β-unsaturated/α-hetero) is 1. The first-order chi connectivity index (χ1) is 9.58. The zero-order chi connectivity index (χ0) is 14.3. The molecule has 102 valence electrons. The summed E-state index contributed by atoms with van der Waals surface area (Å²) in [6.07, 6.45) is 4.80. The van der Waals surface area contributed by atoms with Crippen LogP contribution in [0.4, 0.5) is 14.5 Å². The van der Waals surface area contributed by atoms with Crippen LogP contribution in [0, 0.1) is 11.6 Å². The number of amides is 1. The van der Waals surface area contributed by atoms with Crippen LogP contribution in [0.15, 0.2) is 30.9 Å². The Hall–Kier alpha value is -2.57. The second-order valence-electron chi connectivity index (χ2n) is 4.37. The fraction of sp³-hybridized carbons (Fsp3) is 0.154. The van der Waals surface area contributed by atoms with Crippen molar-refractivity contribution in [2.45, 2.75) is 6.54 Å². The number of hydrogen-bond donors (Lipinski definition) is 0. The Morgan fingerprint density at radius 1 is 1.15 bits per heavy atom. The maximum atomic E-state index is 13.8.